The van der Waals surface area contributed by atoms with Crippen LogP contribution in [0.4, 0.5) is 0 Å². The Morgan fingerprint density at radius 3 is 2.00 bits per heavy atom. The van der Waals surface area contributed by atoms with Crippen LogP contribution in [0, 0.1) is 0 Å². The Bertz CT molecular complexity index is 129. The van der Waals surface area contributed by atoms with Crippen molar-refractivity contribution in [3.05, 3.63) is 0 Å². The predicted octanol–water partition coefficient (Wildman–Crippen LogP) is -1.48. The van der Waals surface area contributed by atoms with Gasteiger partial charge in [0.25, 0.3) is 0 Å². The molecule has 1 rings (SSSR count). The molecule has 66 valence electrons. The normalized spacial score (nSPS) is 52.6. The van der Waals surface area contributed by atoms with Crippen molar-refractivity contribution in [2.75, 3.05) is 0 Å². The van der Waals surface area contributed by atoms with Crippen molar-refractivity contribution in [3.8, 4) is 0 Å². The van der Waals surface area contributed by atoms with E-state index in [-0.39, 0.29) is 5.25 Å². The highest BCUT2D eigenvalue weighted by atomic mass is 32.2. The predicted molar refractivity (Wildman–Crippen MR) is 41.1 cm³/mol. The van der Waals surface area contributed by atoms with Gasteiger partial charge in [0.2, 0.25) is 0 Å². The third-order valence-corrected chi connectivity index (χ3v) is 3.09. The van der Waals surface area contributed by atoms with Gasteiger partial charge in [0.05, 0.1) is 6.10 Å². The van der Waals surface area contributed by atoms with E-state index in [0.717, 1.165) is 11.8 Å². The van der Waals surface area contributed by atoms with E-state index in [2.05, 4.69) is 0 Å². The van der Waals surface area contributed by atoms with Crippen LogP contribution in [0.25, 0.3) is 0 Å². The summed E-state index contributed by atoms with van der Waals surface area (Å²) in [5, 5.41) is 36.2. The molecule has 1 aliphatic rings. The molecule has 0 spiro atoms. The summed E-state index contributed by atoms with van der Waals surface area (Å²) in [5.74, 6) is 0. The molecule has 0 radical (unpaired) electrons. The molecule has 4 nitrogen and oxygen atoms in total. The van der Waals surface area contributed by atoms with Crippen LogP contribution in [-0.4, -0.2) is 49.4 Å². The van der Waals surface area contributed by atoms with Crippen LogP contribution in [0.3, 0.4) is 0 Å². The van der Waals surface area contributed by atoms with Gasteiger partial charge in [0.15, 0.2) is 0 Å². The molecular weight excluding hydrogens is 168 g/mol. The molecule has 0 amide bonds. The Labute approximate surface area is 68.9 Å². The van der Waals surface area contributed by atoms with E-state index in [1.807, 2.05) is 0 Å². The SMILES string of the molecule is C[C@@H]1SC(O)[C@@H](O)[C@H](O)[C@@H]1O. The first-order valence-electron chi connectivity index (χ1n) is 3.41. The standard InChI is InChI=1S/C6H12O4S/c1-2-3(7)4(8)5(9)6(10)11-2/h2-10H,1H3/t2-,3+,4+,5-,6?/m0/s1. The van der Waals surface area contributed by atoms with E-state index in [1.165, 1.54) is 0 Å². The number of hydrogen-bond donors (Lipinski definition) is 4. The monoisotopic (exact) mass is 180 g/mol. The average Bonchev–Trinajstić information content (AvgIpc) is 1.97. The first kappa shape index (κ1) is 9.28. The second-order valence-corrected chi connectivity index (χ2v) is 4.20. The topological polar surface area (TPSA) is 80.9 Å². The van der Waals surface area contributed by atoms with E-state index in [9.17, 15) is 5.11 Å². The first-order chi connectivity index (χ1) is 5.04. The number of rotatable bonds is 0. The number of aliphatic hydroxyl groups is 4. The molecule has 0 aliphatic carbocycles. The minimum absolute atomic E-state index is 0.247. The summed E-state index contributed by atoms with van der Waals surface area (Å²) in [6.07, 6.45) is -3.44. The highest BCUT2D eigenvalue weighted by Gasteiger charge is 2.40. The maximum absolute atomic E-state index is 9.19. The third-order valence-electron chi connectivity index (χ3n) is 1.83. The van der Waals surface area contributed by atoms with Crippen molar-refractivity contribution < 1.29 is 20.4 Å². The summed E-state index contributed by atoms with van der Waals surface area (Å²) in [7, 11) is 0. The molecule has 1 heterocycles. The molecule has 1 unspecified atom stereocenters. The molecule has 0 saturated carbocycles. The van der Waals surface area contributed by atoms with E-state index in [1.54, 1.807) is 6.92 Å². The molecular formula is C6H12O4S. The molecule has 1 aliphatic heterocycles. The van der Waals surface area contributed by atoms with Gasteiger partial charge in [-0.15, -0.1) is 11.8 Å². The second kappa shape index (κ2) is 3.28. The fraction of sp³-hybridized carbons (Fsp3) is 1.00. The lowest BCUT2D eigenvalue weighted by Gasteiger charge is -2.35. The van der Waals surface area contributed by atoms with E-state index < -0.39 is 23.7 Å². The lowest BCUT2D eigenvalue weighted by atomic mass is 10.1. The van der Waals surface area contributed by atoms with Crippen molar-refractivity contribution in [1.29, 1.82) is 0 Å². The summed E-state index contributed by atoms with van der Waals surface area (Å²) in [6, 6.07) is 0. The second-order valence-electron chi connectivity index (χ2n) is 2.70. The lowest BCUT2D eigenvalue weighted by Crippen LogP contribution is -2.52. The van der Waals surface area contributed by atoms with Gasteiger partial charge in [-0.3, -0.25) is 0 Å². The van der Waals surface area contributed by atoms with Crippen LogP contribution in [0.15, 0.2) is 0 Å². The lowest BCUT2D eigenvalue weighted by molar-refractivity contribution is -0.0909. The van der Waals surface area contributed by atoms with Gasteiger partial charge in [0, 0.05) is 5.25 Å². The van der Waals surface area contributed by atoms with Gasteiger partial charge in [0.1, 0.15) is 17.6 Å². The molecule has 0 aromatic heterocycles. The van der Waals surface area contributed by atoms with Gasteiger partial charge in [-0.1, -0.05) is 6.92 Å². The molecule has 0 bridgehead atoms. The number of aliphatic hydroxyl groups excluding tert-OH is 4. The molecule has 4 N–H and O–H groups in total. The Morgan fingerprint density at radius 1 is 0.909 bits per heavy atom. The first-order valence-corrected chi connectivity index (χ1v) is 4.36. The fourth-order valence-corrected chi connectivity index (χ4v) is 2.11. The van der Waals surface area contributed by atoms with Crippen LogP contribution in [0.5, 0.6) is 0 Å². The highest BCUT2D eigenvalue weighted by molar-refractivity contribution is 8.00. The summed E-state index contributed by atoms with van der Waals surface area (Å²) in [6.45, 7) is 1.69. The molecule has 1 fully saturated rings. The molecule has 5 atom stereocenters. The van der Waals surface area contributed by atoms with Crippen LogP contribution in [0.2, 0.25) is 0 Å². The Hall–Kier alpha value is 0.190. The van der Waals surface area contributed by atoms with E-state index in [0.29, 0.717) is 0 Å². The van der Waals surface area contributed by atoms with Crippen molar-refractivity contribution in [2.45, 2.75) is 35.9 Å². The molecule has 11 heavy (non-hydrogen) atoms. The van der Waals surface area contributed by atoms with Crippen molar-refractivity contribution in [3.63, 3.8) is 0 Å². The minimum Gasteiger partial charge on any atom is -0.389 e. The summed E-state index contributed by atoms with van der Waals surface area (Å²) in [4.78, 5) is 0. The van der Waals surface area contributed by atoms with Crippen molar-refractivity contribution in [2.24, 2.45) is 0 Å². The third kappa shape index (κ3) is 1.68. The zero-order valence-corrected chi connectivity index (χ0v) is 6.90. The van der Waals surface area contributed by atoms with E-state index in [4.69, 9.17) is 15.3 Å². The highest BCUT2D eigenvalue weighted by Crippen LogP contribution is 2.30. The van der Waals surface area contributed by atoms with E-state index >= 15 is 0 Å². The Morgan fingerprint density at radius 2 is 1.45 bits per heavy atom. The number of thioether (sulfide) groups is 1. The summed E-state index contributed by atoms with van der Waals surface area (Å²) in [5.41, 5.74) is -0.997. The van der Waals surface area contributed by atoms with Crippen LogP contribution < -0.4 is 0 Å². The maximum atomic E-state index is 9.19. The van der Waals surface area contributed by atoms with Crippen LogP contribution >= 0.6 is 11.8 Å². The summed E-state index contributed by atoms with van der Waals surface area (Å²) < 4.78 is 0. The van der Waals surface area contributed by atoms with Gasteiger partial charge < -0.3 is 20.4 Å². The quantitative estimate of drug-likeness (QED) is 0.366. The van der Waals surface area contributed by atoms with Crippen LogP contribution in [-0.2, 0) is 0 Å². The maximum Gasteiger partial charge on any atom is 0.128 e. The zero-order chi connectivity index (χ0) is 8.59. The van der Waals surface area contributed by atoms with Crippen molar-refractivity contribution in [1.82, 2.24) is 0 Å². The Kier molecular flexibility index (Phi) is 2.77. The van der Waals surface area contributed by atoms with Crippen LogP contribution in [0.1, 0.15) is 6.92 Å². The smallest absolute Gasteiger partial charge is 0.128 e. The Balaban J connectivity index is 2.63. The molecule has 0 aromatic carbocycles. The molecule has 0 aromatic rings. The van der Waals surface area contributed by atoms with Crippen molar-refractivity contribution >= 4 is 11.8 Å². The molecule has 1 saturated heterocycles. The van der Waals surface area contributed by atoms with Gasteiger partial charge in [-0.05, 0) is 0 Å². The van der Waals surface area contributed by atoms with Gasteiger partial charge >= 0.3 is 0 Å². The number of hydrogen-bond acceptors (Lipinski definition) is 5. The zero-order valence-electron chi connectivity index (χ0n) is 6.08. The molecule has 5 heteroatoms. The average molecular weight is 180 g/mol. The summed E-state index contributed by atoms with van der Waals surface area (Å²) >= 11 is 1.06. The largest absolute Gasteiger partial charge is 0.389 e. The fourth-order valence-electron chi connectivity index (χ4n) is 1.03. The van der Waals surface area contributed by atoms with Gasteiger partial charge in [-0.2, -0.15) is 0 Å². The van der Waals surface area contributed by atoms with Gasteiger partial charge in [-0.25, -0.2) is 0 Å². The minimum atomic E-state index is -1.24.